The first-order valence-corrected chi connectivity index (χ1v) is 8.61. The third-order valence-corrected chi connectivity index (χ3v) is 5.31. The van der Waals surface area contributed by atoms with E-state index in [1.54, 1.807) is 0 Å². The van der Waals surface area contributed by atoms with Gasteiger partial charge in [-0.1, -0.05) is 37.3 Å². The topological polar surface area (TPSA) is 49.8 Å². The first-order valence-electron chi connectivity index (χ1n) is 8.61. The molecule has 1 saturated heterocycles. The van der Waals surface area contributed by atoms with Crippen LogP contribution in [-0.2, 0) is 9.53 Å². The van der Waals surface area contributed by atoms with Crippen molar-refractivity contribution in [2.24, 2.45) is 5.41 Å². The van der Waals surface area contributed by atoms with E-state index in [1.165, 1.54) is 0 Å². The number of hydrogen-bond acceptors (Lipinski definition) is 3. The lowest BCUT2D eigenvalue weighted by Crippen LogP contribution is -2.18. The number of fused-ring (bicyclic) bond motifs is 1. The van der Waals surface area contributed by atoms with E-state index in [-0.39, 0.29) is 17.1 Å². The molecule has 0 radical (unpaired) electrons. The first kappa shape index (κ1) is 18.2. The van der Waals surface area contributed by atoms with Gasteiger partial charge in [-0.05, 0) is 63.4 Å². The number of rotatable bonds is 5. The van der Waals surface area contributed by atoms with Crippen molar-refractivity contribution >= 4 is 6.29 Å². The highest BCUT2D eigenvalue weighted by atomic mass is 16.6. The van der Waals surface area contributed by atoms with Gasteiger partial charge in [-0.15, -0.1) is 0 Å². The molecule has 2 rings (SSSR count). The number of aliphatic hydroxyl groups is 1. The van der Waals surface area contributed by atoms with Crippen LogP contribution in [0.25, 0.3) is 0 Å². The summed E-state index contributed by atoms with van der Waals surface area (Å²) in [6, 6.07) is 0. The van der Waals surface area contributed by atoms with E-state index in [4.69, 9.17) is 4.74 Å². The Morgan fingerprint density at radius 2 is 2.26 bits per heavy atom. The van der Waals surface area contributed by atoms with Crippen LogP contribution in [-0.4, -0.2) is 29.2 Å². The lowest BCUT2D eigenvalue weighted by Gasteiger charge is -2.26. The zero-order valence-electron chi connectivity index (χ0n) is 14.7. The Labute approximate surface area is 140 Å². The molecule has 0 saturated carbocycles. The van der Waals surface area contributed by atoms with Gasteiger partial charge in [0, 0.05) is 0 Å². The van der Waals surface area contributed by atoms with Crippen molar-refractivity contribution in [3.63, 3.8) is 0 Å². The van der Waals surface area contributed by atoms with Gasteiger partial charge in [0.15, 0.2) is 0 Å². The summed E-state index contributed by atoms with van der Waals surface area (Å²) in [6.07, 6.45) is 12.3. The average molecular weight is 318 g/mol. The number of hydrogen-bond donors (Lipinski definition) is 1. The predicted molar refractivity (Wildman–Crippen MR) is 93.2 cm³/mol. The maximum Gasteiger partial charge on any atom is 0.145 e. The van der Waals surface area contributed by atoms with Crippen molar-refractivity contribution in [3.8, 4) is 0 Å². The van der Waals surface area contributed by atoms with Crippen LogP contribution in [0.15, 0.2) is 36.0 Å². The number of aldehydes is 1. The van der Waals surface area contributed by atoms with E-state index in [9.17, 15) is 9.90 Å². The number of aliphatic hydroxyl groups excluding tert-OH is 1. The van der Waals surface area contributed by atoms with E-state index in [2.05, 4.69) is 38.7 Å². The van der Waals surface area contributed by atoms with Crippen molar-refractivity contribution in [1.29, 1.82) is 0 Å². The molecule has 0 spiro atoms. The predicted octanol–water partition coefficient (Wildman–Crippen LogP) is 4.12. The smallest absolute Gasteiger partial charge is 0.145 e. The molecule has 1 N–H and O–H groups in total. The fraction of sp³-hybridized carbons (Fsp3) is 0.650. The minimum atomic E-state index is -0.457. The molecule has 3 heteroatoms. The highest BCUT2D eigenvalue weighted by molar-refractivity contribution is 5.73. The molecule has 128 valence electrons. The lowest BCUT2D eigenvalue weighted by atomic mass is 9.79. The maximum atomic E-state index is 11.3. The van der Waals surface area contributed by atoms with Crippen LogP contribution in [0.3, 0.4) is 0 Å². The molecule has 4 atom stereocenters. The number of ether oxygens (including phenoxy) is 1. The van der Waals surface area contributed by atoms with E-state index < -0.39 is 6.10 Å². The minimum absolute atomic E-state index is 0.0597. The van der Waals surface area contributed by atoms with Gasteiger partial charge in [0.05, 0.1) is 17.8 Å². The lowest BCUT2D eigenvalue weighted by molar-refractivity contribution is -0.105. The molecule has 0 amide bonds. The molecule has 0 aromatic heterocycles. The van der Waals surface area contributed by atoms with E-state index >= 15 is 0 Å². The molecule has 1 aliphatic carbocycles. The minimum Gasteiger partial charge on any atom is -0.389 e. The molecule has 0 aromatic rings. The van der Waals surface area contributed by atoms with Gasteiger partial charge in [0.25, 0.3) is 0 Å². The van der Waals surface area contributed by atoms with Gasteiger partial charge in [0.2, 0.25) is 0 Å². The Morgan fingerprint density at radius 3 is 2.91 bits per heavy atom. The van der Waals surface area contributed by atoms with E-state index in [1.807, 2.05) is 6.92 Å². The van der Waals surface area contributed by atoms with Crippen LogP contribution < -0.4 is 0 Å². The summed E-state index contributed by atoms with van der Waals surface area (Å²) < 4.78 is 5.82. The van der Waals surface area contributed by atoms with Crippen molar-refractivity contribution in [2.75, 3.05) is 0 Å². The number of carbonyl (C=O) groups is 1. The molecule has 1 fully saturated rings. The molecule has 23 heavy (non-hydrogen) atoms. The van der Waals surface area contributed by atoms with Gasteiger partial charge in [-0.2, -0.15) is 0 Å². The van der Waals surface area contributed by atoms with Crippen LogP contribution in [0.5, 0.6) is 0 Å². The van der Waals surface area contributed by atoms with Gasteiger partial charge < -0.3 is 9.84 Å². The zero-order chi connectivity index (χ0) is 17.1. The Kier molecular flexibility index (Phi) is 5.64. The molecule has 0 bridgehead atoms. The summed E-state index contributed by atoms with van der Waals surface area (Å²) in [6.45, 7) is 10.0. The first-order chi connectivity index (χ1) is 10.8. The largest absolute Gasteiger partial charge is 0.389 e. The summed E-state index contributed by atoms with van der Waals surface area (Å²) in [5, 5.41) is 10.0. The molecule has 1 heterocycles. The molecule has 2 aliphatic rings. The van der Waals surface area contributed by atoms with Crippen molar-refractivity contribution in [1.82, 2.24) is 0 Å². The van der Waals surface area contributed by atoms with Gasteiger partial charge >= 0.3 is 0 Å². The Morgan fingerprint density at radius 1 is 1.52 bits per heavy atom. The number of allylic oxidation sites excluding steroid dienone is 3. The van der Waals surface area contributed by atoms with E-state index in [0.29, 0.717) is 6.42 Å². The summed E-state index contributed by atoms with van der Waals surface area (Å²) in [5.74, 6) is 0. The van der Waals surface area contributed by atoms with Gasteiger partial charge in [0.1, 0.15) is 6.29 Å². The highest BCUT2D eigenvalue weighted by Gasteiger charge is 2.50. The fourth-order valence-electron chi connectivity index (χ4n) is 3.25. The molecular weight excluding hydrogens is 288 g/mol. The third kappa shape index (κ3) is 4.89. The van der Waals surface area contributed by atoms with Crippen LogP contribution in [0, 0.1) is 5.41 Å². The van der Waals surface area contributed by atoms with Crippen LogP contribution in [0.1, 0.15) is 59.3 Å². The SMILES string of the molecule is C=C(C)C(O)CC[C@]1(C)/C=C/C[C@]2(C)O[C@H]2CC/C(C=O)=C\C1. The molecular formula is C20H30O3. The van der Waals surface area contributed by atoms with Gasteiger partial charge in [-0.25, -0.2) is 0 Å². The maximum absolute atomic E-state index is 11.3. The number of epoxide rings is 1. The molecule has 1 aliphatic heterocycles. The summed E-state index contributed by atoms with van der Waals surface area (Å²) in [4.78, 5) is 11.3. The van der Waals surface area contributed by atoms with Crippen molar-refractivity contribution in [2.45, 2.75) is 77.1 Å². The highest BCUT2D eigenvalue weighted by Crippen LogP contribution is 2.44. The van der Waals surface area contributed by atoms with Crippen LogP contribution in [0.4, 0.5) is 0 Å². The summed E-state index contributed by atoms with van der Waals surface area (Å²) in [5.41, 5.74) is 1.55. The second-order valence-corrected chi connectivity index (χ2v) is 7.72. The molecule has 1 unspecified atom stereocenters. The molecule has 0 aromatic carbocycles. The van der Waals surface area contributed by atoms with Crippen LogP contribution in [0.2, 0.25) is 0 Å². The average Bonchev–Trinajstić information content (AvgIpc) is 3.14. The van der Waals surface area contributed by atoms with Crippen molar-refractivity contribution in [3.05, 3.63) is 36.0 Å². The summed E-state index contributed by atoms with van der Waals surface area (Å²) in [7, 11) is 0. The Hall–Kier alpha value is -1.19. The third-order valence-electron chi connectivity index (χ3n) is 5.31. The monoisotopic (exact) mass is 318 g/mol. The molecule has 3 nitrogen and oxygen atoms in total. The van der Waals surface area contributed by atoms with Crippen LogP contribution >= 0.6 is 0 Å². The number of carbonyl (C=O) groups excluding carboxylic acids is 1. The van der Waals surface area contributed by atoms with Gasteiger partial charge in [-0.3, -0.25) is 4.79 Å². The summed E-state index contributed by atoms with van der Waals surface area (Å²) >= 11 is 0. The second-order valence-electron chi connectivity index (χ2n) is 7.72. The second kappa shape index (κ2) is 7.14. The quantitative estimate of drug-likeness (QED) is 0.471. The van der Waals surface area contributed by atoms with Crippen molar-refractivity contribution < 1.29 is 14.6 Å². The standard InChI is InChI=1S/C20H30O3/c1-15(2)17(22)9-13-19(3)10-5-11-20(4)18(23-20)7-6-16(14-21)8-12-19/h5,8,10,14,17-18,22H,1,6-7,9,11-13H2,2-4H3/b10-5+,16-8+/t17?,18-,19+,20-/m0/s1. The fourth-order valence-corrected chi connectivity index (χ4v) is 3.25. The normalized spacial score (nSPS) is 39.1. The Bertz CT molecular complexity index is 519. The zero-order valence-corrected chi connectivity index (χ0v) is 14.7. The Balaban J connectivity index is 2.12. The van der Waals surface area contributed by atoms with E-state index in [0.717, 1.165) is 49.5 Å².